The van der Waals surface area contributed by atoms with E-state index >= 15 is 0 Å². The van der Waals surface area contributed by atoms with E-state index in [2.05, 4.69) is 20.6 Å². The highest BCUT2D eigenvalue weighted by molar-refractivity contribution is 5.76. The number of rotatable bonds is 6. The number of nitrogens with one attached hydrogen (secondary N) is 3. The van der Waals surface area contributed by atoms with Crippen LogP contribution in [0.25, 0.3) is 0 Å². The summed E-state index contributed by atoms with van der Waals surface area (Å²) in [6.07, 6.45) is 4.81. The van der Waals surface area contributed by atoms with Gasteiger partial charge < -0.3 is 15.6 Å². The number of hydrogen-bond donors (Lipinski definition) is 3. The Morgan fingerprint density at radius 1 is 1.53 bits per heavy atom. The zero-order valence-electron chi connectivity index (χ0n) is 9.53. The summed E-state index contributed by atoms with van der Waals surface area (Å²) in [5.74, 6) is 0.643. The number of aromatic amines is 1. The van der Waals surface area contributed by atoms with E-state index in [9.17, 15) is 9.59 Å². The van der Waals surface area contributed by atoms with Crippen LogP contribution in [0.15, 0.2) is 17.2 Å². The molecule has 1 fully saturated rings. The van der Waals surface area contributed by atoms with E-state index in [1.807, 2.05) is 0 Å². The molecule has 1 heterocycles. The van der Waals surface area contributed by atoms with E-state index in [1.54, 1.807) is 0 Å². The smallest absolute Gasteiger partial charge is 0.252 e. The lowest BCUT2D eigenvalue weighted by molar-refractivity contribution is -0.121. The second kappa shape index (κ2) is 5.47. The average molecular weight is 236 g/mol. The first kappa shape index (κ1) is 11.6. The summed E-state index contributed by atoms with van der Waals surface area (Å²) in [7, 11) is 0. The fourth-order valence-corrected chi connectivity index (χ4v) is 1.46. The van der Waals surface area contributed by atoms with E-state index in [4.69, 9.17) is 0 Å². The van der Waals surface area contributed by atoms with Crippen molar-refractivity contribution in [3.63, 3.8) is 0 Å². The van der Waals surface area contributed by atoms with Crippen LogP contribution < -0.4 is 16.2 Å². The summed E-state index contributed by atoms with van der Waals surface area (Å²) in [5.41, 5.74) is -0.186. The summed E-state index contributed by atoms with van der Waals surface area (Å²) in [5, 5.41) is 5.92. The lowest BCUT2D eigenvalue weighted by Crippen LogP contribution is -2.25. The molecular formula is C11H16N4O2. The van der Waals surface area contributed by atoms with Gasteiger partial charge in [-0.25, -0.2) is 4.98 Å². The van der Waals surface area contributed by atoms with E-state index < -0.39 is 0 Å². The molecule has 0 aliphatic heterocycles. The Morgan fingerprint density at radius 2 is 2.35 bits per heavy atom. The first-order valence-corrected chi connectivity index (χ1v) is 5.82. The topological polar surface area (TPSA) is 86.9 Å². The zero-order valence-corrected chi connectivity index (χ0v) is 9.53. The number of carbonyl (C=O) groups is 1. The summed E-state index contributed by atoms with van der Waals surface area (Å²) in [6.45, 7) is 0.633. The third-order valence-corrected chi connectivity index (χ3v) is 2.51. The first-order chi connectivity index (χ1) is 8.24. The minimum atomic E-state index is -0.186. The van der Waals surface area contributed by atoms with Crippen LogP contribution in [-0.2, 0) is 4.79 Å². The number of H-pyrrole nitrogens is 1. The molecule has 1 aliphatic carbocycles. The number of carbonyl (C=O) groups excluding carboxylic acids is 1. The summed E-state index contributed by atoms with van der Waals surface area (Å²) >= 11 is 0. The van der Waals surface area contributed by atoms with E-state index in [0.29, 0.717) is 24.8 Å². The molecule has 0 unspecified atom stereocenters. The second-order valence-corrected chi connectivity index (χ2v) is 4.17. The van der Waals surface area contributed by atoms with Crippen LogP contribution >= 0.6 is 0 Å². The molecule has 1 aromatic heterocycles. The SMILES string of the molecule is O=C(CCCNc1cc(=O)[nH]cn1)NC1CC1. The molecule has 1 aliphatic rings. The van der Waals surface area contributed by atoms with Crippen molar-refractivity contribution in [3.05, 3.63) is 22.7 Å². The molecule has 0 atom stereocenters. The van der Waals surface area contributed by atoms with Crippen molar-refractivity contribution in [1.82, 2.24) is 15.3 Å². The first-order valence-electron chi connectivity index (χ1n) is 5.82. The molecule has 2 rings (SSSR count). The third-order valence-electron chi connectivity index (χ3n) is 2.51. The molecule has 3 N–H and O–H groups in total. The predicted octanol–water partition coefficient (Wildman–Crippen LogP) is 0.241. The largest absolute Gasteiger partial charge is 0.370 e. The van der Waals surface area contributed by atoms with Gasteiger partial charge in [-0.3, -0.25) is 9.59 Å². The molecule has 0 bridgehead atoms. The van der Waals surface area contributed by atoms with Gasteiger partial charge in [0.2, 0.25) is 5.91 Å². The van der Waals surface area contributed by atoms with Gasteiger partial charge in [-0.15, -0.1) is 0 Å². The predicted molar refractivity (Wildman–Crippen MR) is 63.7 cm³/mol. The average Bonchev–Trinajstić information content (AvgIpc) is 3.08. The number of aromatic nitrogens is 2. The molecule has 0 radical (unpaired) electrons. The normalized spacial score (nSPS) is 14.4. The van der Waals surface area contributed by atoms with Crippen LogP contribution in [0.1, 0.15) is 25.7 Å². The molecular weight excluding hydrogens is 220 g/mol. The maximum atomic E-state index is 11.3. The van der Waals surface area contributed by atoms with Gasteiger partial charge in [0.05, 0.1) is 6.33 Å². The Bertz CT molecular complexity index is 439. The van der Waals surface area contributed by atoms with E-state index in [0.717, 1.165) is 19.3 Å². The molecule has 1 amide bonds. The van der Waals surface area contributed by atoms with Crippen LogP contribution in [0.2, 0.25) is 0 Å². The number of anilines is 1. The molecule has 92 valence electrons. The fraction of sp³-hybridized carbons (Fsp3) is 0.545. The van der Waals surface area contributed by atoms with Crippen molar-refractivity contribution in [3.8, 4) is 0 Å². The van der Waals surface area contributed by atoms with E-state index in [1.165, 1.54) is 12.4 Å². The second-order valence-electron chi connectivity index (χ2n) is 4.17. The van der Waals surface area contributed by atoms with Crippen molar-refractivity contribution >= 4 is 11.7 Å². The zero-order chi connectivity index (χ0) is 12.1. The Kier molecular flexibility index (Phi) is 3.74. The van der Waals surface area contributed by atoms with Crippen LogP contribution in [0.3, 0.4) is 0 Å². The van der Waals surface area contributed by atoms with Crippen LogP contribution in [-0.4, -0.2) is 28.5 Å². The van der Waals surface area contributed by atoms with Crippen molar-refractivity contribution < 1.29 is 4.79 Å². The molecule has 6 nitrogen and oxygen atoms in total. The standard InChI is InChI=1S/C11H16N4O2/c16-10(15-8-3-4-8)2-1-5-12-9-6-11(17)14-7-13-9/h6-8H,1-5H2,(H,15,16)(H2,12,13,14,17). The summed E-state index contributed by atoms with van der Waals surface area (Å²) in [6, 6.07) is 1.81. The minimum absolute atomic E-state index is 0.105. The Labute approximate surface area is 98.8 Å². The monoisotopic (exact) mass is 236 g/mol. The highest BCUT2D eigenvalue weighted by Gasteiger charge is 2.22. The maximum Gasteiger partial charge on any atom is 0.252 e. The minimum Gasteiger partial charge on any atom is -0.370 e. The van der Waals surface area contributed by atoms with Crippen LogP contribution in [0.5, 0.6) is 0 Å². The van der Waals surface area contributed by atoms with Gasteiger partial charge in [0.1, 0.15) is 5.82 Å². The fourth-order valence-electron chi connectivity index (χ4n) is 1.46. The van der Waals surface area contributed by atoms with Crippen molar-refractivity contribution in [2.75, 3.05) is 11.9 Å². The molecule has 6 heteroatoms. The van der Waals surface area contributed by atoms with Crippen molar-refractivity contribution in [1.29, 1.82) is 0 Å². The van der Waals surface area contributed by atoms with Gasteiger partial charge in [0, 0.05) is 25.1 Å². The quantitative estimate of drug-likeness (QED) is 0.617. The van der Waals surface area contributed by atoms with Crippen LogP contribution in [0, 0.1) is 0 Å². The van der Waals surface area contributed by atoms with Gasteiger partial charge in [-0.1, -0.05) is 0 Å². The van der Waals surface area contributed by atoms with Crippen molar-refractivity contribution in [2.45, 2.75) is 31.7 Å². The van der Waals surface area contributed by atoms with E-state index in [-0.39, 0.29) is 11.5 Å². The number of amides is 1. The highest BCUT2D eigenvalue weighted by Crippen LogP contribution is 2.18. The molecule has 17 heavy (non-hydrogen) atoms. The third kappa shape index (κ3) is 4.26. The van der Waals surface area contributed by atoms with Gasteiger partial charge in [-0.2, -0.15) is 0 Å². The Balaban J connectivity index is 1.62. The van der Waals surface area contributed by atoms with Crippen molar-refractivity contribution in [2.24, 2.45) is 0 Å². The van der Waals surface area contributed by atoms with Gasteiger partial charge in [0.15, 0.2) is 0 Å². The van der Waals surface area contributed by atoms with Gasteiger partial charge in [-0.05, 0) is 19.3 Å². The Morgan fingerprint density at radius 3 is 3.06 bits per heavy atom. The highest BCUT2D eigenvalue weighted by atomic mass is 16.1. The van der Waals surface area contributed by atoms with Gasteiger partial charge in [0.25, 0.3) is 5.56 Å². The number of nitrogens with zero attached hydrogens (tertiary/aromatic N) is 1. The summed E-state index contributed by atoms with van der Waals surface area (Å²) < 4.78 is 0. The molecule has 1 aromatic rings. The molecule has 0 spiro atoms. The van der Waals surface area contributed by atoms with Gasteiger partial charge >= 0.3 is 0 Å². The number of hydrogen-bond acceptors (Lipinski definition) is 4. The lowest BCUT2D eigenvalue weighted by Gasteiger charge is -2.05. The Hall–Kier alpha value is -1.85. The molecule has 1 saturated carbocycles. The summed E-state index contributed by atoms with van der Waals surface area (Å²) in [4.78, 5) is 28.7. The molecule has 0 saturated heterocycles. The molecule has 0 aromatic carbocycles. The lowest BCUT2D eigenvalue weighted by atomic mass is 10.3. The van der Waals surface area contributed by atoms with Crippen LogP contribution in [0.4, 0.5) is 5.82 Å². The maximum absolute atomic E-state index is 11.3.